The number of nitrogens with two attached hydrogens (primary N) is 1. The van der Waals surface area contributed by atoms with Crippen LogP contribution in [0.4, 0.5) is 8.78 Å². The van der Waals surface area contributed by atoms with Gasteiger partial charge in [0.15, 0.2) is 0 Å². The Morgan fingerprint density at radius 3 is 2.71 bits per heavy atom. The van der Waals surface area contributed by atoms with Crippen LogP contribution < -0.4 is 5.73 Å². The van der Waals surface area contributed by atoms with Crippen LogP contribution in [0.25, 0.3) is 0 Å². The van der Waals surface area contributed by atoms with Crippen molar-refractivity contribution in [2.45, 2.75) is 31.2 Å². The van der Waals surface area contributed by atoms with E-state index in [1.165, 1.54) is 0 Å². The molecule has 2 rings (SSSR count). The van der Waals surface area contributed by atoms with Gasteiger partial charge in [0.25, 0.3) is 5.92 Å². The first-order valence-corrected chi connectivity index (χ1v) is 4.67. The standard InChI is InChI=1S/C9H13F2N3/c1-2-14-4-3-13-7(14)8(6-12)5-9(8,10)11/h3-4H,2,5-6,12H2,1H3. The van der Waals surface area contributed by atoms with Crippen LogP contribution in [0.2, 0.25) is 0 Å². The molecule has 1 unspecified atom stereocenters. The summed E-state index contributed by atoms with van der Waals surface area (Å²) in [5, 5.41) is 0. The Balaban J connectivity index is 2.40. The van der Waals surface area contributed by atoms with Crippen molar-refractivity contribution >= 4 is 0 Å². The van der Waals surface area contributed by atoms with Crippen LogP contribution in [-0.4, -0.2) is 22.0 Å². The van der Waals surface area contributed by atoms with E-state index in [0.717, 1.165) is 0 Å². The summed E-state index contributed by atoms with van der Waals surface area (Å²) in [4.78, 5) is 3.99. The van der Waals surface area contributed by atoms with Crippen LogP contribution in [0.1, 0.15) is 19.2 Å². The summed E-state index contributed by atoms with van der Waals surface area (Å²) in [5.41, 5.74) is 4.22. The molecule has 0 aliphatic heterocycles. The quantitative estimate of drug-likeness (QED) is 0.796. The molecule has 1 aliphatic rings. The van der Waals surface area contributed by atoms with E-state index in [-0.39, 0.29) is 13.0 Å². The third kappa shape index (κ3) is 1.02. The molecule has 0 amide bonds. The highest BCUT2D eigenvalue weighted by Gasteiger charge is 2.73. The molecule has 1 aromatic rings. The van der Waals surface area contributed by atoms with Crippen molar-refractivity contribution in [1.82, 2.24) is 9.55 Å². The van der Waals surface area contributed by atoms with Gasteiger partial charge in [0.2, 0.25) is 0 Å². The average Bonchev–Trinajstić information content (AvgIpc) is 2.56. The zero-order valence-electron chi connectivity index (χ0n) is 8.00. The SMILES string of the molecule is CCn1ccnc1C1(CN)CC1(F)F. The zero-order valence-corrected chi connectivity index (χ0v) is 8.00. The second kappa shape index (κ2) is 2.76. The number of nitrogens with zero attached hydrogens (tertiary/aromatic N) is 2. The largest absolute Gasteiger partial charge is 0.335 e. The van der Waals surface area contributed by atoms with Gasteiger partial charge in [-0.25, -0.2) is 13.8 Å². The number of halogens is 2. The lowest BCUT2D eigenvalue weighted by Crippen LogP contribution is -2.30. The number of rotatable bonds is 3. The van der Waals surface area contributed by atoms with Crippen molar-refractivity contribution in [3.63, 3.8) is 0 Å². The highest BCUT2D eigenvalue weighted by atomic mass is 19.3. The predicted molar refractivity (Wildman–Crippen MR) is 48.2 cm³/mol. The van der Waals surface area contributed by atoms with E-state index in [4.69, 9.17) is 5.73 Å². The highest BCUT2D eigenvalue weighted by Crippen LogP contribution is 2.60. The van der Waals surface area contributed by atoms with E-state index in [2.05, 4.69) is 4.98 Å². The molecule has 0 bridgehead atoms. The molecule has 1 fully saturated rings. The molecule has 0 radical (unpaired) electrons. The second-order valence-electron chi connectivity index (χ2n) is 3.70. The molecule has 0 aromatic carbocycles. The van der Waals surface area contributed by atoms with Gasteiger partial charge in [0.1, 0.15) is 11.2 Å². The molecule has 78 valence electrons. The van der Waals surface area contributed by atoms with Gasteiger partial charge in [-0.2, -0.15) is 0 Å². The van der Waals surface area contributed by atoms with Crippen LogP contribution in [0.5, 0.6) is 0 Å². The topological polar surface area (TPSA) is 43.8 Å². The molecule has 1 aliphatic carbocycles. The fraction of sp³-hybridized carbons (Fsp3) is 0.667. The van der Waals surface area contributed by atoms with Gasteiger partial charge in [-0.3, -0.25) is 0 Å². The first-order chi connectivity index (χ1) is 6.57. The number of imidazole rings is 1. The van der Waals surface area contributed by atoms with Crippen LogP contribution in [0, 0.1) is 0 Å². The second-order valence-corrected chi connectivity index (χ2v) is 3.70. The molecular weight excluding hydrogens is 188 g/mol. The molecule has 2 N–H and O–H groups in total. The van der Waals surface area contributed by atoms with E-state index in [0.29, 0.717) is 12.4 Å². The van der Waals surface area contributed by atoms with E-state index in [9.17, 15) is 8.78 Å². The molecule has 5 heteroatoms. The number of hydrogen-bond donors (Lipinski definition) is 1. The summed E-state index contributed by atoms with van der Waals surface area (Å²) in [6.07, 6.45) is 3.08. The van der Waals surface area contributed by atoms with Crippen molar-refractivity contribution in [2.75, 3.05) is 6.54 Å². The normalized spacial score (nSPS) is 29.1. The van der Waals surface area contributed by atoms with E-state index in [1.54, 1.807) is 17.0 Å². The van der Waals surface area contributed by atoms with Gasteiger partial charge in [-0.15, -0.1) is 0 Å². The summed E-state index contributed by atoms with van der Waals surface area (Å²) in [6.45, 7) is 2.50. The van der Waals surface area contributed by atoms with Gasteiger partial charge in [-0.1, -0.05) is 0 Å². The van der Waals surface area contributed by atoms with Crippen molar-refractivity contribution in [3.05, 3.63) is 18.2 Å². The lowest BCUT2D eigenvalue weighted by molar-refractivity contribution is 0.0866. The molecular formula is C9H13F2N3. The van der Waals surface area contributed by atoms with Crippen LogP contribution >= 0.6 is 0 Å². The number of aryl methyl sites for hydroxylation is 1. The molecule has 0 saturated heterocycles. The Morgan fingerprint density at radius 1 is 1.64 bits per heavy atom. The Bertz CT molecular complexity index is 348. The van der Waals surface area contributed by atoms with Crippen LogP contribution in [-0.2, 0) is 12.0 Å². The molecule has 0 spiro atoms. The predicted octanol–water partition coefficient (Wildman–Crippen LogP) is 1.14. The zero-order chi connectivity index (χ0) is 10.4. The molecule has 3 nitrogen and oxygen atoms in total. The highest BCUT2D eigenvalue weighted by molar-refractivity contribution is 5.30. The summed E-state index contributed by atoms with van der Waals surface area (Å²) in [5.74, 6) is -2.26. The fourth-order valence-corrected chi connectivity index (χ4v) is 1.87. The Morgan fingerprint density at radius 2 is 2.29 bits per heavy atom. The minimum absolute atomic E-state index is 0.0446. The van der Waals surface area contributed by atoms with Crippen molar-refractivity contribution < 1.29 is 8.78 Å². The minimum Gasteiger partial charge on any atom is -0.335 e. The smallest absolute Gasteiger partial charge is 0.263 e. The maximum atomic E-state index is 13.2. The lowest BCUT2D eigenvalue weighted by Gasteiger charge is -2.14. The van der Waals surface area contributed by atoms with Crippen LogP contribution in [0.15, 0.2) is 12.4 Å². The maximum absolute atomic E-state index is 13.2. The van der Waals surface area contributed by atoms with Crippen molar-refractivity contribution in [3.8, 4) is 0 Å². The molecule has 1 aromatic heterocycles. The average molecular weight is 201 g/mol. The van der Waals surface area contributed by atoms with Gasteiger partial charge in [0.05, 0.1) is 0 Å². The molecule has 1 saturated carbocycles. The molecule has 1 atom stereocenters. The maximum Gasteiger partial charge on any atom is 0.263 e. The number of aromatic nitrogens is 2. The van der Waals surface area contributed by atoms with Gasteiger partial charge < -0.3 is 10.3 Å². The van der Waals surface area contributed by atoms with Crippen LogP contribution in [0.3, 0.4) is 0 Å². The monoisotopic (exact) mass is 201 g/mol. The van der Waals surface area contributed by atoms with Gasteiger partial charge in [0, 0.05) is 31.9 Å². The third-order valence-electron chi connectivity index (χ3n) is 2.93. The van der Waals surface area contributed by atoms with E-state index >= 15 is 0 Å². The third-order valence-corrected chi connectivity index (χ3v) is 2.93. The Kier molecular flexibility index (Phi) is 1.89. The summed E-state index contributed by atoms with van der Waals surface area (Å²) >= 11 is 0. The molecule has 14 heavy (non-hydrogen) atoms. The summed E-state index contributed by atoms with van der Waals surface area (Å²) in [6, 6.07) is 0. The van der Waals surface area contributed by atoms with Gasteiger partial charge in [-0.05, 0) is 6.92 Å². The van der Waals surface area contributed by atoms with Crippen molar-refractivity contribution in [2.24, 2.45) is 5.73 Å². The first kappa shape index (κ1) is 9.58. The summed E-state index contributed by atoms with van der Waals surface area (Å²) in [7, 11) is 0. The van der Waals surface area contributed by atoms with Gasteiger partial charge >= 0.3 is 0 Å². The fourth-order valence-electron chi connectivity index (χ4n) is 1.87. The van der Waals surface area contributed by atoms with Crippen molar-refractivity contribution in [1.29, 1.82) is 0 Å². The number of hydrogen-bond acceptors (Lipinski definition) is 2. The van der Waals surface area contributed by atoms with E-state index in [1.807, 2.05) is 6.92 Å². The Labute approximate surface area is 80.9 Å². The molecule has 1 heterocycles. The minimum atomic E-state index is -2.68. The lowest BCUT2D eigenvalue weighted by atomic mass is 10.1. The van der Waals surface area contributed by atoms with E-state index < -0.39 is 11.3 Å². The summed E-state index contributed by atoms with van der Waals surface area (Å²) < 4.78 is 28.1. The number of alkyl halides is 2. The first-order valence-electron chi connectivity index (χ1n) is 4.67. The Hall–Kier alpha value is -0.970.